The average molecular weight is 361 g/mol. The van der Waals surface area contributed by atoms with Crippen molar-refractivity contribution < 1.29 is 0 Å². The third-order valence-corrected chi connectivity index (χ3v) is 6.37. The van der Waals surface area contributed by atoms with Gasteiger partial charge in [0, 0.05) is 11.7 Å². The second kappa shape index (κ2) is 11.6. The third-order valence-electron chi connectivity index (χ3n) is 6.37. The number of anilines is 1. The highest BCUT2D eigenvalue weighted by molar-refractivity contribution is 5.50. The fourth-order valence-electron chi connectivity index (χ4n) is 3.75. The zero-order chi connectivity index (χ0) is 19.6. The molecule has 0 spiro atoms. The van der Waals surface area contributed by atoms with E-state index in [1.54, 1.807) is 0 Å². The monoisotopic (exact) mass is 360 g/mol. The molecule has 0 amide bonds. The molecule has 2 unspecified atom stereocenters. The van der Waals surface area contributed by atoms with Gasteiger partial charge in [0.1, 0.15) is 0 Å². The van der Waals surface area contributed by atoms with Crippen LogP contribution in [-0.2, 0) is 11.8 Å². The average Bonchev–Trinajstić information content (AvgIpc) is 2.63. The minimum absolute atomic E-state index is 0.279. The van der Waals surface area contributed by atoms with Crippen LogP contribution in [0.1, 0.15) is 104 Å². The molecule has 0 saturated heterocycles. The van der Waals surface area contributed by atoms with Crippen molar-refractivity contribution in [2.24, 2.45) is 11.7 Å². The predicted molar refractivity (Wildman–Crippen MR) is 118 cm³/mol. The van der Waals surface area contributed by atoms with E-state index >= 15 is 0 Å². The minimum atomic E-state index is 0.279. The summed E-state index contributed by atoms with van der Waals surface area (Å²) in [7, 11) is 0. The van der Waals surface area contributed by atoms with Crippen LogP contribution in [0.4, 0.5) is 5.69 Å². The molecule has 4 N–H and O–H groups in total. The number of benzene rings is 1. The second-order valence-electron chi connectivity index (χ2n) is 8.75. The van der Waals surface area contributed by atoms with Crippen molar-refractivity contribution in [2.75, 3.05) is 5.73 Å². The Labute approximate surface area is 163 Å². The topological polar surface area (TPSA) is 52.0 Å². The van der Waals surface area contributed by atoms with Gasteiger partial charge in [-0.1, -0.05) is 85.3 Å². The molecular formula is C24H44N2. The largest absolute Gasteiger partial charge is 0.399 e. The number of rotatable bonds is 13. The molecule has 0 saturated carbocycles. The van der Waals surface area contributed by atoms with Crippen LogP contribution < -0.4 is 11.5 Å². The molecule has 0 aliphatic heterocycles. The van der Waals surface area contributed by atoms with Gasteiger partial charge < -0.3 is 11.5 Å². The first-order valence-electron chi connectivity index (χ1n) is 11.0. The van der Waals surface area contributed by atoms with Gasteiger partial charge in [-0.15, -0.1) is 0 Å². The molecule has 2 atom stereocenters. The van der Waals surface area contributed by atoms with Gasteiger partial charge in [0.25, 0.3) is 0 Å². The maximum atomic E-state index is 6.12. The standard InChI is InChI=1S/C24H44N2/c1-6-20-18-21(15-16-23(20)26)24(5,7-2)17-13-11-9-8-10-12-14-22(25)19(3)4/h15-16,18-19,22H,6-14,17,25-26H2,1-5H3. The normalized spacial score (nSPS) is 15.2. The summed E-state index contributed by atoms with van der Waals surface area (Å²) in [5.41, 5.74) is 16.2. The van der Waals surface area contributed by atoms with Gasteiger partial charge in [0.05, 0.1) is 0 Å². The van der Waals surface area contributed by atoms with Crippen LogP contribution in [0.3, 0.4) is 0 Å². The van der Waals surface area contributed by atoms with E-state index in [0.717, 1.165) is 12.1 Å². The first-order valence-corrected chi connectivity index (χ1v) is 11.0. The summed E-state index contributed by atoms with van der Waals surface area (Å²) >= 11 is 0. The highest BCUT2D eigenvalue weighted by Gasteiger charge is 2.24. The summed E-state index contributed by atoms with van der Waals surface area (Å²) in [6, 6.07) is 7.07. The number of nitrogens with two attached hydrogens (primary N) is 2. The van der Waals surface area contributed by atoms with Crippen molar-refractivity contribution in [3.05, 3.63) is 29.3 Å². The molecule has 2 heteroatoms. The molecule has 0 aromatic heterocycles. The Morgan fingerprint density at radius 3 is 2.15 bits per heavy atom. The predicted octanol–water partition coefficient (Wildman–Crippen LogP) is 6.60. The van der Waals surface area contributed by atoms with Crippen molar-refractivity contribution in [3.8, 4) is 0 Å². The molecule has 0 aliphatic carbocycles. The summed E-state index contributed by atoms with van der Waals surface area (Å²) in [6.45, 7) is 11.4. The van der Waals surface area contributed by atoms with E-state index < -0.39 is 0 Å². The Bertz CT molecular complexity index is 509. The van der Waals surface area contributed by atoms with Crippen LogP contribution in [-0.4, -0.2) is 6.04 Å². The van der Waals surface area contributed by atoms with E-state index in [2.05, 4.69) is 52.8 Å². The number of hydrogen-bond acceptors (Lipinski definition) is 2. The lowest BCUT2D eigenvalue weighted by atomic mass is 9.75. The summed E-state index contributed by atoms with van der Waals surface area (Å²) < 4.78 is 0. The lowest BCUT2D eigenvalue weighted by Crippen LogP contribution is -2.25. The smallest absolute Gasteiger partial charge is 0.0346 e. The van der Waals surface area contributed by atoms with Gasteiger partial charge in [0.15, 0.2) is 0 Å². The fraction of sp³-hybridized carbons (Fsp3) is 0.750. The zero-order valence-corrected chi connectivity index (χ0v) is 18.1. The molecule has 1 aromatic carbocycles. The molecule has 0 radical (unpaired) electrons. The summed E-state index contributed by atoms with van der Waals surface area (Å²) in [5.74, 6) is 0.614. The highest BCUT2D eigenvalue weighted by Crippen LogP contribution is 2.35. The molecule has 1 aromatic rings. The van der Waals surface area contributed by atoms with E-state index in [4.69, 9.17) is 11.5 Å². The lowest BCUT2D eigenvalue weighted by Gasteiger charge is -2.30. The molecule has 26 heavy (non-hydrogen) atoms. The van der Waals surface area contributed by atoms with Crippen molar-refractivity contribution in [3.63, 3.8) is 0 Å². The number of unbranched alkanes of at least 4 members (excludes halogenated alkanes) is 5. The summed E-state index contributed by atoms with van der Waals surface area (Å²) in [4.78, 5) is 0. The van der Waals surface area contributed by atoms with Crippen molar-refractivity contribution in [2.45, 2.75) is 110 Å². The van der Waals surface area contributed by atoms with E-state index in [-0.39, 0.29) is 5.41 Å². The Balaban J connectivity index is 2.33. The molecule has 0 fully saturated rings. The van der Waals surface area contributed by atoms with Crippen molar-refractivity contribution in [1.82, 2.24) is 0 Å². The molecule has 0 bridgehead atoms. The first-order chi connectivity index (χ1) is 12.3. The number of nitrogen functional groups attached to an aromatic ring is 1. The van der Waals surface area contributed by atoms with E-state index in [0.29, 0.717) is 12.0 Å². The molecule has 0 aliphatic rings. The second-order valence-corrected chi connectivity index (χ2v) is 8.75. The Kier molecular flexibility index (Phi) is 10.3. The molecule has 1 rings (SSSR count). The maximum Gasteiger partial charge on any atom is 0.0346 e. The summed E-state index contributed by atoms with van der Waals surface area (Å²) in [5, 5.41) is 0. The third kappa shape index (κ3) is 7.31. The van der Waals surface area contributed by atoms with Crippen LogP contribution in [0.25, 0.3) is 0 Å². The molecule has 2 nitrogen and oxygen atoms in total. The Morgan fingerprint density at radius 2 is 1.58 bits per heavy atom. The Morgan fingerprint density at radius 1 is 0.962 bits per heavy atom. The van der Waals surface area contributed by atoms with Crippen molar-refractivity contribution in [1.29, 1.82) is 0 Å². The van der Waals surface area contributed by atoms with Crippen LogP contribution >= 0.6 is 0 Å². The SMILES string of the molecule is CCc1cc(C(C)(CC)CCCCCCCCC(N)C(C)C)ccc1N. The zero-order valence-electron chi connectivity index (χ0n) is 18.1. The van der Waals surface area contributed by atoms with Gasteiger partial charge in [-0.2, -0.15) is 0 Å². The van der Waals surface area contributed by atoms with Gasteiger partial charge in [-0.3, -0.25) is 0 Å². The Hall–Kier alpha value is -1.02. The summed E-state index contributed by atoms with van der Waals surface area (Å²) in [6.07, 6.45) is 12.7. The van der Waals surface area contributed by atoms with Crippen LogP contribution in [0.2, 0.25) is 0 Å². The first kappa shape index (κ1) is 23.0. The number of hydrogen-bond donors (Lipinski definition) is 2. The van der Waals surface area contributed by atoms with E-state index in [9.17, 15) is 0 Å². The number of aryl methyl sites for hydroxylation is 1. The van der Waals surface area contributed by atoms with Crippen molar-refractivity contribution >= 4 is 5.69 Å². The van der Waals surface area contributed by atoms with Gasteiger partial charge in [-0.05, 0) is 54.2 Å². The molecule has 150 valence electrons. The van der Waals surface area contributed by atoms with Gasteiger partial charge in [0.2, 0.25) is 0 Å². The minimum Gasteiger partial charge on any atom is -0.399 e. The van der Waals surface area contributed by atoms with Crippen LogP contribution in [0.15, 0.2) is 18.2 Å². The van der Waals surface area contributed by atoms with Crippen LogP contribution in [0, 0.1) is 5.92 Å². The van der Waals surface area contributed by atoms with Crippen LogP contribution in [0.5, 0.6) is 0 Å². The fourth-order valence-corrected chi connectivity index (χ4v) is 3.75. The van der Waals surface area contributed by atoms with Gasteiger partial charge in [-0.25, -0.2) is 0 Å². The molecular weight excluding hydrogens is 316 g/mol. The van der Waals surface area contributed by atoms with Gasteiger partial charge >= 0.3 is 0 Å². The quantitative estimate of drug-likeness (QED) is 0.307. The highest BCUT2D eigenvalue weighted by atomic mass is 14.6. The van der Waals surface area contributed by atoms with E-state index in [1.807, 2.05) is 0 Å². The maximum absolute atomic E-state index is 6.12. The molecule has 0 heterocycles. The van der Waals surface area contributed by atoms with E-state index in [1.165, 1.54) is 68.9 Å². The lowest BCUT2D eigenvalue weighted by molar-refractivity contribution is 0.392.